The normalized spacial score (nSPS) is 16.3. The summed E-state index contributed by atoms with van der Waals surface area (Å²) in [5.41, 5.74) is 1.03. The summed E-state index contributed by atoms with van der Waals surface area (Å²) in [6.07, 6.45) is -0.898. The number of nitrogens with zero attached hydrogens (tertiary/aromatic N) is 1. The van der Waals surface area contributed by atoms with Gasteiger partial charge in [-0.05, 0) is 57.2 Å². The molecule has 0 aromatic heterocycles. The number of hydrogen-bond donors (Lipinski definition) is 1. The van der Waals surface area contributed by atoms with Gasteiger partial charge in [0.05, 0.1) is 24.1 Å². The first kappa shape index (κ1) is 20.0. The maximum atomic E-state index is 12.7. The number of anilines is 2. The number of ether oxygens (including phenoxy) is 2. The summed E-state index contributed by atoms with van der Waals surface area (Å²) in [5.74, 6) is 0.596. The molecule has 1 amide bonds. The second kappa shape index (κ2) is 8.10. The van der Waals surface area contributed by atoms with Crippen LogP contribution in [0, 0.1) is 0 Å². The molecule has 0 fully saturated rings. The average Bonchev–Trinajstić information content (AvgIpc) is 2.68. The van der Waals surface area contributed by atoms with Crippen molar-refractivity contribution < 1.29 is 22.7 Å². The number of rotatable bonds is 6. The maximum absolute atomic E-state index is 12.7. The molecule has 8 heteroatoms. The van der Waals surface area contributed by atoms with Crippen LogP contribution >= 0.6 is 0 Å². The lowest BCUT2D eigenvalue weighted by atomic mass is 10.2. The van der Waals surface area contributed by atoms with E-state index in [9.17, 15) is 13.2 Å². The van der Waals surface area contributed by atoms with Crippen LogP contribution in [0.4, 0.5) is 11.4 Å². The molecule has 0 radical (unpaired) electrons. The summed E-state index contributed by atoms with van der Waals surface area (Å²) < 4.78 is 37.6. The van der Waals surface area contributed by atoms with Gasteiger partial charge in [0.2, 0.25) is 10.0 Å². The second-order valence-corrected chi connectivity index (χ2v) is 8.87. The van der Waals surface area contributed by atoms with Crippen molar-refractivity contribution in [2.75, 3.05) is 21.9 Å². The topological polar surface area (TPSA) is 84.9 Å². The SMILES string of the molecule is CCS(=O)(=O)N1C[C@@H](C(=O)Nc2ccc(OC(C)C)cc2)Oc2ccccc21. The Hall–Kier alpha value is -2.74. The number of para-hydroxylation sites is 2. The van der Waals surface area contributed by atoms with Crippen molar-refractivity contribution in [3.63, 3.8) is 0 Å². The van der Waals surface area contributed by atoms with E-state index in [1.165, 1.54) is 4.31 Å². The highest BCUT2D eigenvalue weighted by atomic mass is 32.2. The molecule has 1 heterocycles. The maximum Gasteiger partial charge on any atom is 0.267 e. The first-order chi connectivity index (χ1) is 13.3. The Morgan fingerprint density at radius 1 is 1.21 bits per heavy atom. The summed E-state index contributed by atoms with van der Waals surface area (Å²) in [7, 11) is -3.53. The number of benzene rings is 2. The van der Waals surface area contributed by atoms with Crippen LogP contribution in [0.3, 0.4) is 0 Å². The quantitative estimate of drug-likeness (QED) is 0.800. The highest BCUT2D eigenvalue weighted by Crippen LogP contribution is 2.35. The molecule has 1 aliphatic rings. The third-order valence-corrected chi connectivity index (χ3v) is 5.97. The van der Waals surface area contributed by atoms with Crippen molar-refractivity contribution in [1.82, 2.24) is 0 Å². The van der Waals surface area contributed by atoms with Crippen molar-refractivity contribution in [2.45, 2.75) is 33.0 Å². The van der Waals surface area contributed by atoms with Crippen LogP contribution in [0.15, 0.2) is 48.5 Å². The lowest BCUT2D eigenvalue weighted by Crippen LogP contribution is -2.49. The molecule has 7 nitrogen and oxygen atoms in total. The summed E-state index contributed by atoms with van der Waals surface area (Å²) in [6.45, 7) is 5.37. The number of sulfonamides is 1. The Morgan fingerprint density at radius 3 is 2.54 bits per heavy atom. The van der Waals surface area contributed by atoms with Crippen LogP contribution in [0.25, 0.3) is 0 Å². The molecule has 1 atom stereocenters. The van der Waals surface area contributed by atoms with Gasteiger partial charge in [-0.15, -0.1) is 0 Å². The smallest absolute Gasteiger partial charge is 0.267 e. The van der Waals surface area contributed by atoms with Crippen LogP contribution in [0.1, 0.15) is 20.8 Å². The van der Waals surface area contributed by atoms with E-state index < -0.39 is 22.0 Å². The molecule has 0 saturated heterocycles. The van der Waals surface area contributed by atoms with Crippen molar-refractivity contribution in [3.8, 4) is 11.5 Å². The average molecular weight is 404 g/mol. The molecule has 28 heavy (non-hydrogen) atoms. The van der Waals surface area contributed by atoms with Crippen molar-refractivity contribution in [3.05, 3.63) is 48.5 Å². The minimum atomic E-state index is -3.53. The number of carbonyl (C=O) groups excluding carboxylic acids is 1. The molecule has 0 unspecified atom stereocenters. The molecule has 0 aliphatic carbocycles. The van der Waals surface area contributed by atoms with E-state index in [0.717, 1.165) is 0 Å². The van der Waals surface area contributed by atoms with Gasteiger partial charge in [-0.3, -0.25) is 9.10 Å². The molecule has 1 aliphatic heterocycles. The fraction of sp³-hybridized carbons (Fsp3) is 0.350. The standard InChI is InChI=1S/C20H24N2O5S/c1-4-28(24,25)22-13-19(27-18-8-6-5-7-17(18)22)20(23)21-15-9-11-16(12-10-15)26-14(2)3/h5-12,14,19H,4,13H2,1-3H3,(H,21,23)/t19-/m0/s1. The molecule has 1 N–H and O–H groups in total. The minimum absolute atomic E-state index is 0.0580. The van der Waals surface area contributed by atoms with Crippen LogP contribution in [-0.2, 0) is 14.8 Å². The Kier molecular flexibility index (Phi) is 5.79. The van der Waals surface area contributed by atoms with Gasteiger partial charge in [0, 0.05) is 5.69 Å². The van der Waals surface area contributed by atoms with Gasteiger partial charge in [-0.25, -0.2) is 8.42 Å². The molecule has 150 valence electrons. The molecule has 0 bridgehead atoms. The molecule has 3 rings (SSSR count). The molecular formula is C20H24N2O5S. The van der Waals surface area contributed by atoms with E-state index in [4.69, 9.17) is 9.47 Å². The van der Waals surface area contributed by atoms with Crippen LogP contribution < -0.4 is 19.1 Å². The van der Waals surface area contributed by atoms with Gasteiger partial charge in [0.15, 0.2) is 6.10 Å². The third kappa shape index (κ3) is 4.39. The van der Waals surface area contributed by atoms with E-state index in [-0.39, 0.29) is 18.4 Å². The van der Waals surface area contributed by atoms with E-state index in [0.29, 0.717) is 22.9 Å². The van der Waals surface area contributed by atoms with E-state index in [1.54, 1.807) is 55.5 Å². The number of fused-ring (bicyclic) bond motifs is 1. The predicted molar refractivity (Wildman–Crippen MR) is 109 cm³/mol. The Labute approximate surface area is 165 Å². The van der Waals surface area contributed by atoms with Gasteiger partial charge < -0.3 is 14.8 Å². The fourth-order valence-corrected chi connectivity index (χ4v) is 3.99. The molecular weight excluding hydrogens is 380 g/mol. The van der Waals surface area contributed by atoms with Gasteiger partial charge in [0.1, 0.15) is 11.5 Å². The van der Waals surface area contributed by atoms with Gasteiger partial charge >= 0.3 is 0 Å². The van der Waals surface area contributed by atoms with Gasteiger partial charge in [0.25, 0.3) is 5.91 Å². The lowest BCUT2D eigenvalue weighted by molar-refractivity contribution is -0.122. The van der Waals surface area contributed by atoms with E-state index in [1.807, 2.05) is 13.8 Å². The number of hydrogen-bond acceptors (Lipinski definition) is 5. The Bertz CT molecular complexity index is 941. The highest BCUT2D eigenvalue weighted by Gasteiger charge is 2.35. The number of carbonyl (C=O) groups is 1. The highest BCUT2D eigenvalue weighted by molar-refractivity contribution is 7.92. The fourth-order valence-electron chi connectivity index (χ4n) is 2.87. The zero-order chi connectivity index (χ0) is 20.3. The lowest BCUT2D eigenvalue weighted by Gasteiger charge is -2.34. The summed E-state index contributed by atoms with van der Waals surface area (Å²) in [4.78, 5) is 12.7. The van der Waals surface area contributed by atoms with Crippen LogP contribution in [0.2, 0.25) is 0 Å². The second-order valence-electron chi connectivity index (χ2n) is 6.69. The van der Waals surface area contributed by atoms with E-state index >= 15 is 0 Å². The summed E-state index contributed by atoms with van der Waals surface area (Å²) in [5, 5.41) is 2.77. The molecule has 0 saturated carbocycles. The minimum Gasteiger partial charge on any atom is -0.491 e. The van der Waals surface area contributed by atoms with Crippen LogP contribution in [0.5, 0.6) is 11.5 Å². The monoisotopic (exact) mass is 404 g/mol. The number of nitrogens with one attached hydrogen (secondary N) is 1. The molecule has 0 spiro atoms. The van der Waals surface area contributed by atoms with Crippen molar-refractivity contribution in [1.29, 1.82) is 0 Å². The van der Waals surface area contributed by atoms with Crippen molar-refractivity contribution >= 4 is 27.3 Å². The summed E-state index contributed by atoms with van der Waals surface area (Å²) in [6, 6.07) is 13.8. The first-order valence-corrected chi connectivity index (χ1v) is 10.7. The van der Waals surface area contributed by atoms with Crippen molar-refractivity contribution in [2.24, 2.45) is 0 Å². The Balaban J connectivity index is 1.77. The largest absolute Gasteiger partial charge is 0.491 e. The zero-order valence-corrected chi connectivity index (χ0v) is 16.9. The third-order valence-electron chi connectivity index (χ3n) is 4.22. The predicted octanol–water partition coefficient (Wildman–Crippen LogP) is 3.03. The number of amides is 1. The van der Waals surface area contributed by atoms with Crippen LogP contribution in [-0.4, -0.2) is 38.8 Å². The van der Waals surface area contributed by atoms with Gasteiger partial charge in [-0.2, -0.15) is 0 Å². The molecule has 2 aromatic rings. The Morgan fingerprint density at radius 2 is 1.89 bits per heavy atom. The molecule has 2 aromatic carbocycles. The summed E-state index contributed by atoms with van der Waals surface area (Å²) >= 11 is 0. The van der Waals surface area contributed by atoms with E-state index in [2.05, 4.69) is 5.32 Å². The van der Waals surface area contributed by atoms with Gasteiger partial charge in [-0.1, -0.05) is 12.1 Å². The zero-order valence-electron chi connectivity index (χ0n) is 16.1. The first-order valence-electron chi connectivity index (χ1n) is 9.14.